The molecule has 1 saturated heterocycles. The Bertz CT molecular complexity index is 1090. The van der Waals surface area contributed by atoms with Crippen molar-refractivity contribution in [1.29, 1.82) is 0 Å². The fourth-order valence-electron chi connectivity index (χ4n) is 8.84. The van der Waals surface area contributed by atoms with Crippen molar-refractivity contribution in [2.75, 3.05) is 6.54 Å². The second kappa shape index (κ2) is 11.9. The highest BCUT2D eigenvalue weighted by Gasteiger charge is 2.68. The average molecular weight is 589 g/mol. The number of fused-ring (bicyclic) bond motifs is 2. The van der Waals surface area contributed by atoms with Crippen molar-refractivity contribution in [2.24, 2.45) is 51.6 Å². The van der Waals surface area contributed by atoms with E-state index in [1.807, 2.05) is 5.43 Å². The van der Waals surface area contributed by atoms with Gasteiger partial charge in [0, 0.05) is 12.5 Å². The fourth-order valence-corrected chi connectivity index (χ4v) is 8.84. The monoisotopic (exact) mass is 588 g/mol. The van der Waals surface area contributed by atoms with E-state index >= 15 is 0 Å². The highest BCUT2D eigenvalue weighted by Crippen LogP contribution is 2.65. The van der Waals surface area contributed by atoms with Crippen molar-refractivity contribution >= 4 is 24.9 Å². The molecule has 1 heterocycles. The number of guanidine groups is 1. The van der Waals surface area contributed by atoms with Gasteiger partial charge in [0.15, 0.2) is 5.03 Å². The second-order valence-electron chi connectivity index (χ2n) is 14.7. The first-order valence-corrected chi connectivity index (χ1v) is 15.9. The van der Waals surface area contributed by atoms with Gasteiger partial charge in [-0.1, -0.05) is 39.5 Å². The summed E-state index contributed by atoms with van der Waals surface area (Å²) >= 11 is 0. The van der Waals surface area contributed by atoms with E-state index in [0.717, 1.165) is 32.1 Å². The summed E-state index contributed by atoms with van der Waals surface area (Å²) in [6, 6.07) is -0.766. The smallest absolute Gasteiger partial charge is 0.404 e. The Kier molecular flexibility index (Phi) is 8.82. The van der Waals surface area contributed by atoms with Crippen LogP contribution >= 0.6 is 0 Å². The Morgan fingerprint density at radius 2 is 1.90 bits per heavy atom. The number of hydrogen-bond donors (Lipinski definition) is 4. The van der Waals surface area contributed by atoms with Gasteiger partial charge >= 0.3 is 7.12 Å². The van der Waals surface area contributed by atoms with E-state index in [1.54, 1.807) is 0 Å². The van der Waals surface area contributed by atoms with Crippen LogP contribution in [-0.4, -0.2) is 60.2 Å². The molecule has 234 valence electrons. The molecule has 5 aliphatic carbocycles. The normalized spacial score (nSPS) is 35.8. The summed E-state index contributed by atoms with van der Waals surface area (Å²) in [7, 11) is -0.555. The lowest BCUT2D eigenvalue weighted by Crippen LogP contribution is -2.65. The highest BCUT2D eigenvalue weighted by molar-refractivity contribution is 6.48. The maximum Gasteiger partial charge on any atom is 0.481 e. The molecule has 5 saturated carbocycles. The number of aliphatic imine (C=N–C) groups is 1. The van der Waals surface area contributed by atoms with Crippen molar-refractivity contribution in [3.05, 3.63) is 10.1 Å². The van der Waals surface area contributed by atoms with Gasteiger partial charge in [-0.2, -0.15) is 0 Å². The summed E-state index contributed by atoms with van der Waals surface area (Å²) in [6.07, 6.45) is 7.79. The predicted molar refractivity (Wildman–Crippen MR) is 158 cm³/mol. The summed E-state index contributed by atoms with van der Waals surface area (Å²) in [5.74, 6) is 1.30. The number of nitrogens with zero attached hydrogens (tertiary/aromatic N) is 2. The molecule has 13 heteroatoms. The van der Waals surface area contributed by atoms with Gasteiger partial charge in [0.1, 0.15) is 6.04 Å². The van der Waals surface area contributed by atoms with Gasteiger partial charge in [-0.25, -0.2) is 15.1 Å². The van der Waals surface area contributed by atoms with Crippen LogP contribution in [0.15, 0.2) is 4.99 Å². The Hall–Kier alpha value is -2.41. The van der Waals surface area contributed by atoms with Crippen LogP contribution in [0.4, 0.5) is 0 Å². The number of carbonyl (C=O) groups excluding carboxylic acids is 2. The van der Waals surface area contributed by atoms with Crippen molar-refractivity contribution in [3.63, 3.8) is 0 Å². The SMILES string of the molecule is CC(C)C[C@H](NC(=O)[C@H](CCCN=C(N)N[N+](=O)[O-])NC(=O)C1CC2CCC1C2)B1O[C@@H]2C[C@H]3C[C@H](C3(C)C)[C@]2(C)O1. The number of hydrazine groups is 1. The maximum absolute atomic E-state index is 13.8. The number of carbonyl (C=O) groups is 2. The Morgan fingerprint density at radius 1 is 1.14 bits per heavy atom. The van der Waals surface area contributed by atoms with Crippen LogP contribution in [0.25, 0.3) is 0 Å². The third-order valence-corrected chi connectivity index (χ3v) is 11.2. The van der Waals surface area contributed by atoms with Gasteiger partial charge in [-0.05, 0) is 93.3 Å². The largest absolute Gasteiger partial charge is 0.481 e. The van der Waals surface area contributed by atoms with E-state index in [9.17, 15) is 19.7 Å². The lowest BCUT2D eigenvalue weighted by molar-refractivity contribution is -0.525. The lowest BCUT2D eigenvalue weighted by atomic mass is 9.43. The average Bonchev–Trinajstić information content (AvgIpc) is 3.62. The molecule has 3 unspecified atom stereocenters. The molecule has 4 bridgehead atoms. The highest BCUT2D eigenvalue weighted by atomic mass is 16.7. The molecule has 0 aromatic rings. The standard InChI is InChI=1S/C29H49BN6O6/c1-16(2)11-24(30-41-23-15-19-14-22(28(19,3)4)29(23,5)42-30)34-26(38)21(7-6-10-32-27(31)35-36(39)40)33-25(37)20-13-17-8-9-18(20)12-17/h16-24H,6-15H2,1-5H3,(H,33,37)(H,34,38)(H3,31,32,35)/t17?,18?,19-,20?,21+,22-,23-,24+,29+/m1/s1. The van der Waals surface area contributed by atoms with Crippen LogP contribution in [0, 0.1) is 51.0 Å². The van der Waals surface area contributed by atoms with E-state index < -0.39 is 18.2 Å². The summed E-state index contributed by atoms with van der Waals surface area (Å²) in [5, 5.41) is 16.1. The Morgan fingerprint density at radius 3 is 2.52 bits per heavy atom. The number of rotatable bonds is 12. The van der Waals surface area contributed by atoms with E-state index in [2.05, 4.69) is 50.2 Å². The van der Waals surface area contributed by atoms with Gasteiger partial charge in [-0.15, -0.1) is 0 Å². The second-order valence-corrected chi connectivity index (χ2v) is 14.7. The summed E-state index contributed by atoms with van der Waals surface area (Å²) < 4.78 is 13.3. The summed E-state index contributed by atoms with van der Waals surface area (Å²) in [5.41, 5.74) is 7.20. The van der Waals surface area contributed by atoms with Gasteiger partial charge in [0.05, 0.1) is 17.6 Å². The van der Waals surface area contributed by atoms with E-state index in [4.69, 9.17) is 15.0 Å². The van der Waals surface area contributed by atoms with Crippen LogP contribution < -0.4 is 21.8 Å². The molecule has 5 N–H and O–H groups in total. The molecule has 0 radical (unpaired) electrons. The summed E-state index contributed by atoms with van der Waals surface area (Å²) in [6.45, 7) is 11.2. The molecule has 9 atom stereocenters. The molecule has 0 aromatic carbocycles. The zero-order valence-corrected chi connectivity index (χ0v) is 25.8. The quantitative estimate of drug-likeness (QED) is 0.0673. The Balaban J connectivity index is 1.26. The van der Waals surface area contributed by atoms with Crippen molar-refractivity contribution in [2.45, 2.75) is 116 Å². The minimum Gasteiger partial charge on any atom is -0.404 e. The minimum atomic E-state index is -0.770. The molecule has 0 aromatic heterocycles. The van der Waals surface area contributed by atoms with Gasteiger partial charge in [0.25, 0.3) is 5.96 Å². The van der Waals surface area contributed by atoms with Gasteiger partial charge in [0.2, 0.25) is 11.8 Å². The molecular weight excluding hydrogens is 539 g/mol. The van der Waals surface area contributed by atoms with Gasteiger partial charge in [-0.3, -0.25) is 9.59 Å². The molecule has 2 amide bonds. The van der Waals surface area contributed by atoms with E-state index in [1.165, 1.54) is 6.42 Å². The first-order chi connectivity index (χ1) is 19.8. The third kappa shape index (κ3) is 6.13. The summed E-state index contributed by atoms with van der Waals surface area (Å²) in [4.78, 5) is 41.8. The number of nitro groups is 1. The molecule has 12 nitrogen and oxygen atoms in total. The molecule has 6 fully saturated rings. The third-order valence-electron chi connectivity index (χ3n) is 11.2. The maximum atomic E-state index is 13.8. The van der Waals surface area contributed by atoms with E-state index in [0.29, 0.717) is 42.9 Å². The first kappa shape index (κ1) is 31.0. The fraction of sp³-hybridized carbons (Fsp3) is 0.897. The van der Waals surface area contributed by atoms with E-state index in [-0.39, 0.29) is 59.2 Å². The molecule has 1 aliphatic heterocycles. The minimum absolute atomic E-state index is 0.00947. The van der Waals surface area contributed by atoms with Crippen LogP contribution in [0.3, 0.4) is 0 Å². The predicted octanol–water partition coefficient (Wildman–Crippen LogP) is 2.58. The molecule has 6 rings (SSSR count). The van der Waals surface area contributed by atoms with Crippen molar-refractivity contribution < 1.29 is 23.9 Å². The molecule has 6 aliphatic rings. The molecule has 42 heavy (non-hydrogen) atoms. The van der Waals surface area contributed by atoms with Gasteiger partial charge < -0.3 is 25.7 Å². The number of hydrogen-bond acceptors (Lipinski definition) is 7. The Labute approximate surface area is 249 Å². The van der Waals surface area contributed by atoms with Crippen molar-refractivity contribution in [3.8, 4) is 0 Å². The lowest BCUT2D eigenvalue weighted by Gasteiger charge is -2.64. The van der Waals surface area contributed by atoms with Crippen LogP contribution in [0.5, 0.6) is 0 Å². The molecule has 0 spiro atoms. The number of nitrogens with one attached hydrogen (secondary N) is 3. The van der Waals surface area contributed by atoms with Crippen LogP contribution in [0.1, 0.15) is 92.4 Å². The number of nitrogens with two attached hydrogens (primary N) is 1. The number of amides is 2. The zero-order chi connectivity index (χ0) is 30.4. The topological polar surface area (TPSA) is 170 Å². The van der Waals surface area contributed by atoms with Crippen molar-refractivity contribution in [1.82, 2.24) is 16.1 Å². The van der Waals surface area contributed by atoms with Crippen LogP contribution in [0.2, 0.25) is 0 Å². The zero-order valence-electron chi connectivity index (χ0n) is 25.8. The van der Waals surface area contributed by atoms with Crippen LogP contribution in [-0.2, 0) is 18.9 Å². The first-order valence-electron chi connectivity index (χ1n) is 15.9. The molecular formula is C29H49BN6O6.